The summed E-state index contributed by atoms with van der Waals surface area (Å²) in [4.78, 5) is 21.4. The van der Waals surface area contributed by atoms with Gasteiger partial charge in [0, 0.05) is 54.0 Å². The number of amides is 1. The number of pyridine rings is 2. The third-order valence-corrected chi connectivity index (χ3v) is 6.87. The molecule has 0 aliphatic heterocycles. The molecule has 1 amide bonds. The summed E-state index contributed by atoms with van der Waals surface area (Å²) >= 11 is 0. The van der Waals surface area contributed by atoms with Gasteiger partial charge >= 0.3 is 0 Å². The van der Waals surface area contributed by atoms with Gasteiger partial charge in [0.2, 0.25) is 11.8 Å². The molecule has 0 radical (unpaired) electrons. The maximum atomic E-state index is 15.3. The molecule has 0 bridgehead atoms. The van der Waals surface area contributed by atoms with Crippen molar-refractivity contribution in [1.82, 2.24) is 19.7 Å². The second-order valence-electron chi connectivity index (χ2n) is 9.01. The number of anilines is 3. The van der Waals surface area contributed by atoms with Gasteiger partial charge in [0.15, 0.2) is 5.82 Å². The number of carbonyl (C=O) groups excluding carboxylic acids is 1. The largest absolute Gasteiger partial charge is 0.480 e. The van der Waals surface area contributed by atoms with Crippen LogP contribution in [0, 0.1) is 24.6 Å². The Labute approximate surface area is 201 Å². The molecule has 3 heterocycles. The molecule has 5 N–H and O–H groups in total. The summed E-state index contributed by atoms with van der Waals surface area (Å²) in [5.74, 6) is 0.0966. The van der Waals surface area contributed by atoms with Crippen LogP contribution < -0.4 is 21.5 Å². The first kappa shape index (κ1) is 22.6. The molecule has 35 heavy (non-hydrogen) atoms. The van der Waals surface area contributed by atoms with Gasteiger partial charge in [-0.05, 0) is 41.5 Å². The Balaban J connectivity index is 1.47. The normalized spacial score (nSPS) is 19.1. The number of aryl methyl sites for hydroxylation is 1. The van der Waals surface area contributed by atoms with E-state index >= 15 is 4.39 Å². The van der Waals surface area contributed by atoms with E-state index in [0.29, 0.717) is 33.4 Å². The fraction of sp³-hybridized carbons (Fsp3) is 0.280. The van der Waals surface area contributed by atoms with Crippen LogP contribution in [0.2, 0.25) is 0 Å². The van der Waals surface area contributed by atoms with E-state index in [1.165, 1.54) is 19.5 Å². The van der Waals surface area contributed by atoms with Crippen LogP contribution in [0.5, 0.6) is 5.88 Å². The molecule has 0 unspecified atom stereocenters. The number of nitrogen functional groups attached to an aromatic ring is 2. The van der Waals surface area contributed by atoms with Gasteiger partial charge in [0.25, 0.3) is 0 Å². The zero-order valence-electron chi connectivity index (χ0n) is 19.8. The summed E-state index contributed by atoms with van der Waals surface area (Å²) in [5.41, 5.74) is 14.9. The molecule has 1 aliphatic rings. The van der Waals surface area contributed by atoms with Gasteiger partial charge in [-0.3, -0.25) is 9.48 Å². The van der Waals surface area contributed by atoms with Crippen LogP contribution in [0.1, 0.15) is 24.0 Å². The molecule has 3 atom stereocenters. The summed E-state index contributed by atoms with van der Waals surface area (Å²) in [6.45, 7) is 3.81. The molecule has 1 fully saturated rings. The molecule has 1 aromatic carbocycles. The Bertz CT molecular complexity index is 1480. The molecule has 4 aromatic rings. The minimum absolute atomic E-state index is 0.0378. The molecule has 180 valence electrons. The minimum Gasteiger partial charge on any atom is -0.480 e. The number of halogens is 1. The predicted molar refractivity (Wildman–Crippen MR) is 132 cm³/mol. The van der Waals surface area contributed by atoms with E-state index in [1.807, 2.05) is 20.2 Å². The van der Waals surface area contributed by atoms with Crippen molar-refractivity contribution in [3.63, 3.8) is 0 Å². The fourth-order valence-corrected chi connectivity index (χ4v) is 4.79. The van der Waals surface area contributed by atoms with Gasteiger partial charge in [-0.25, -0.2) is 14.4 Å². The molecule has 10 heteroatoms. The Kier molecular flexibility index (Phi) is 5.31. The third-order valence-electron chi connectivity index (χ3n) is 6.87. The summed E-state index contributed by atoms with van der Waals surface area (Å²) in [6, 6.07) is 3.35. The van der Waals surface area contributed by atoms with E-state index in [2.05, 4.69) is 20.4 Å². The molecule has 0 saturated heterocycles. The number of methoxy groups -OCH3 is 1. The number of carbonyl (C=O) groups is 1. The highest BCUT2D eigenvalue weighted by molar-refractivity contribution is 6.01. The van der Waals surface area contributed by atoms with Gasteiger partial charge in [-0.2, -0.15) is 5.10 Å². The second-order valence-corrected chi connectivity index (χ2v) is 9.01. The Hall–Kier alpha value is -4.21. The first-order valence-corrected chi connectivity index (χ1v) is 11.2. The number of ether oxygens (including phenoxy) is 1. The van der Waals surface area contributed by atoms with Crippen molar-refractivity contribution in [2.24, 2.45) is 18.9 Å². The van der Waals surface area contributed by atoms with Crippen LogP contribution in [0.3, 0.4) is 0 Å². The van der Waals surface area contributed by atoms with Crippen LogP contribution in [0.25, 0.3) is 21.9 Å². The SMILES string of the molecule is COc1ncc(-c2cc3cc(NC(=O)[C@H]4[C@@H](C)[C@@H]4c4cnn(C)c4)ncc3c(N)c2F)c(C)c1N. The molecule has 5 rings (SSSR count). The average Bonchev–Trinajstić information content (AvgIpc) is 3.32. The Morgan fingerprint density at radius 2 is 1.91 bits per heavy atom. The van der Waals surface area contributed by atoms with Crippen LogP contribution >= 0.6 is 0 Å². The Morgan fingerprint density at radius 3 is 2.60 bits per heavy atom. The van der Waals surface area contributed by atoms with Gasteiger partial charge in [0.1, 0.15) is 5.82 Å². The molecular weight excluding hydrogens is 449 g/mol. The fourth-order valence-electron chi connectivity index (χ4n) is 4.79. The molecular formula is C25H26FN7O2. The smallest absolute Gasteiger partial charge is 0.237 e. The summed E-state index contributed by atoms with van der Waals surface area (Å²) in [5, 5.41) is 8.18. The minimum atomic E-state index is -0.586. The molecule has 0 spiro atoms. The van der Waals surface area contributed by atoms with Crippen LogP contribution in [0.4, 0.5) is 21.6 Å². The van der Waals surface area contributed by atoms with Crippen molar-refractivity contribution in [3.8, 4) is 17.0 Å². The number of rotatable bonds is 5. The zero-order valence-corrected chi connectivity index (χ0v) is 19.8. The number of hydrogen-bond acceptors (Lipinski definition) is 7. The first-order valence-electron chi connectivity index (χ1n) is 11.2. The number of nitrogens with zero attached hydrogens (tertiary/aromatic N) is 4. The molecule has 3 aromatic heterocycles. The number of aromatic nitrogens is 4. The van der Waals surface area contributed by atoms with E-state index < -0.39 is 5.82 Å². The second kappa shape index (κ2) is 8.23. The Morgan fingerprint density at radius 1 is 1.14 bits per heavy atom. The highest BCUT2D eigenvalue weighted by Crippen LogP contribution is 2.54. The highest BCUT2D eigenvalue weighted by atomic mass is 19.1. The standard InChI is InChI=1S/C25H26FN7O2/c1-11-16(8-30-25(35-4)22(11)27)15-5-13-6-18(29-9-17(13)23(28)21(15)26)32-24(34)20-12(2)19(20)14-7-31-33(3)10-14/h5-10,12,19-20H,27-28H2,1-4H3,(H,29,32,34)/t12-,19+,20-/m0/s1. The van der Waals surface area contributed by atoms with Crippen LogP contribution in [-0.2, 0) is 11.8 Å². The van der Waals surface area contributed by atoms with Crippen LogP contribution in [-0.4, -0.2) is 32.8 Å². The lowest BCUT2D eigenvalue weighted by atomic mass is 9.97. The summed E-state index contributed by atoms with van der Waals surface area (Å²) in [6.07, 6.45) is 6.70. The number of nitrogens with two attached hydrogens (primary N) is 2. The van der Waals surface area contributed by atoms with Gasteiger partial charge in [-0.1, -0.05) is 6.92 Å². The summed E-state index contributed by atoms with van der Waals surface area (Å²) in [7, 11) is 3.32. The first-order chi connectivity index (χ1) is 16.7. The lowest BCUT2D eigenvalue weighted by molar-refractivity contribution is -0.117. The van der Waals surface area contributed by atoms with Gasteiger partial charge < -0.3 is 21.5 Å². The number of benzene rings is 1. The maximum absolute atomic E-state index is 15.3. The van der Waals surface area contributed by atoms with E-state index in [-0.39, 0.29) is 40.8 Å². The molecule has 1 aliphatic carbocycles. The van der Waals surface area contributed by atoms with E-state index in [0.717, 1.165) is 5.56 Å². The number of nitrogens with one attached hydrogen (secondary N) is 1. The lowest BCUT2D eigenvalue weighted by Crippen LogP contribution is -2.16. The van der Waals surface area contributed by atoms with E-state index in [1.54, 1.807) is 29.9 Å². The van der Waals surface area contributed by atoms with Crippen molar-refractivity contribution in [3.05, 3.63) is 53.9 Å². The average molecular weight is 476 g/mol. The predicted octanol–water partition coefficient (Wildman–Crippen LogP) is 3.64. The number of fused-ring (bicyclic) bond motifs is 1. The van der Waals surface area contributed by atoms with E-state index in [4.69, 9.17) is 16.2 Å². The topological polar surface area (TPSA) is 134 Å². The zero-order chi connectivity index (χ0) is 25.0. The lowest BCUT2D eigenvalue weighted by Gasteiger charge is -2.15. The summed E-state index contributed by atoms with van der Waals surface area (Å²) < 4.78 is 22.1. The number of hydrogen-bond donors (Lipinski definition) is 3. The third kappa shape index (κ3) is 3.71. The highest BCUT2D eigenvalue weighted by Gasteiger charge is 2.52. The van der Waals surface area contributed by atoms with Gasteiger partial charge in [0.05, 0.1) is 24.7 Å². The molecule has 1 saturated carbocycles. The van der Waals surface area contributed by atoms with E-state index in [9.17, 15) is 4.79 Å². The van der Waals surface area contributed by atoms with Crippen molar-refractivity contribution in [1.29, 1.82) is 0 Å². The quantitative estimate of drug-likeness (QED) is 0.375. The van der Waals surface area contributed by atoms with Crippen molar-refractivity contribution < 1.29 is 13.9 Å². The monoisotopic (exact) mass is 475 g/mol. The van der Waals surface area contributed by atoms with Crippen molar-refractivity contribution in [2.75, 3.05) is 23.9 Å². The van der Waals surface area contributed by atoms with Crippen molar-refractivity contribution >= 4 is 33.9 Å². The molecule has 9 nitrogen and oxygen atoms in total. The van der Waals surface area contributed by atoms with Crippen LogP contribution in [0.15, 0.2) is 36.9 Å². The maximum Gasteiger partial charge on any atom is 0.237 e. The van der Waals surface area contributed by atoms with Gasteiger partial charge in [-0.15, -0.1) is 0 Å². The van der Waals surface area contributed by atoms with Crippen molar-refractivity contribution in [2.45, 2.75) is 19.8 Å².